The minimum Gasteiger partial charge on any atom is -0.247 e. The van der Waals surface area contributed by atoms with Gasteiger partial charge in [0, 0.05) is 10.7 Å². The molecule has 0 aliphatic carbocycles. The number of rotatable bonds is 2. The van der Waals surface area contributed by atoms with Crippen molar-refractivity contribution < 1.29 is 0 Å². The Labute approximate surface area is 106 Å². The minimum atomic E-state index is 0.889. The molecule has 0 unspecified atom stereocenters. The third-order valence-electron chi connectivity index (χ3n) is 1.30. The SMILES string of the molecule is Brc1cnc(Sc2nncs2)c(Br)c1. The molecule has 2 aromatic rings. The van der Waals surface area contributed by atoms with Crippen LogP contribution in [-0.2, 0) is 0 Å². The summed E-state index contributed by atoms with van der Waals surface area (Å²) < 4.78 is 2.79. The van der Waals surface area contributed by atoms with Crippen LogP contribution < -0.4 is 0 Å². The van der Waals surface area contributed by atoms with E-state index in [0.29, 0.717) is 0 Å². The van der Waals surface area contributed by atoms with Crippen molar-refractivity contribution in [2.75, 3.05) is 0 Å². The van der Waals surface area contributed by atoms with Crippen molar-refractivity contribution in [1.29, 1.82) is 0 Å². The average Bonchev–Trinajstić information content (AvgIpc) is 2.62. The first kappa shape index (κ1) is 10.5. The summed E-state index contributed by atoms with van der Waals surface area (Å²) in [5.41, 5.74) is 1.70. The summed E-state index contributed by atoms with van der Waals surface area (Å²) in [6.45, 7) is 0. The Morgan fingerprint density at radius 1 is 1.36 bits per heavy atom. The van der Waals surface area contributed by atoms with E-state index in [9.17, 15) is 0 Å². The largest absolute Gasteiger partial charge is 0.247 e. The van der Waals surface area contributed by atoms with Gasteiger partial charge in [0.1, 0.15) is 10.5 Å². The van der Waals surface area contributed by atoms with Gasteiger partial charge in [-0.25, -0.2) is 4.98 Å². The molecule has 0 aliphatic rings. The summed E-state index contributed by atoms with van der Waals surface area (Å²) in [6, 6.07) is 1.95. The topological polar surface area (TPSA) is 38.7 Å². The van der Waals surface area contributed by atoms with Crippen LogP contribution in [0.2, 0.25) is 0 Å². The maximum absolute atomic E-state index is 4.26. The zero-order chi connectivity index (χ0) is 9.97. The highest BCUT2D eigenvalue weighted by Gasteiger charge is 2.06. The van der Waals surface area contributed by atoms with E-state index in [1.165, 1.54) is 23.1 Å². The lowest BCUT2D eigenvalue weighted by Gasteiger charge is -1.99. The summed E-state index contributed by atoms with van der Waals surface area (Å²) in [7, 11) is 0. The van der Waals surface area contributed by atoms with Gasteiger partial charge in [-0.15, -0.1) is 10.2 Å². The third kappa shape index (κ3) is 2.53. The fourth-order valence-electron chi connectivity index (χ4n) is 0.767. The molecule has 7 heteroatoms. The minimum absolute atomic E-state index is 0.889. The molecule has 0 spiro atoms. The van der Waals surface area contributed by atoms with E-state index >= 15 is 0 Å². The van der Waals surface area contributed by atoms with Crippen LogP contribution in [0, 0.1) is 0 Å². The van der Waals surface area contributed by atoms with Crippen LogP contribution in [-0.4, -0.2) is 15.2 Å². The third-order valence-corrected chi connectivity index (χ3v) is 4.40. The van der Waals surface area contributed by atoms with Crippen molar-refractivity contribution in [3.05, 3.63) is 26.7 Å². The lowest BCUT2D eigenvalue weighted by molar-refractivity contribution is 1.00. The molecule has 0 N–H and O–H groups in total. The van der Waals surface area contributed by atoms with Gasteiger partial charge in [-0.3, -0.25) is 0 Å². The molecule has 72 valence electrons. The molecule has 0 aromatic carbocycles. The van der Waals surface area contributed by atoms with Crippen molar-refractivity contribution in [3.8, 4) is 0 Å². The van der Waals surface area contributed by atoms with E-state index in [2.05, 4.69) is 47.0 Å². The predicted octanol–water partition coefficient (Wildman–Crippen LogP) is 3.61. The number of hydrogen-bond acceptors (Lipinski definition) is 5. The van der Waals surface area contributed by atoms with Gasteiger partial charge in [0.15, 0.2) is 4.34 Å². The Morgan fingerprint density at radius 3 is 2.86 bits per heavy atom. The maximum Gasteiger partial charge on any atom is 0.180 e. The summed E-state index contributed by atoms with van der Waals surface area (Å²) in [5, 5.41) is 8.59. The van der Waals surface area contributed by atoms with Crippen molar-refractivity contribution >= 4 is 55.0 Å². The van der Waals surface area contributed by atoms with E-state index in [4.69, 9.17) is 0 Å². The lowest BCUT2D eigenvalue weighted by atomic mass is 10.5. The Bertz CT molecular complexity index is 433. The highest BCUT2D eigenvalue weighted by molar-refractivity contribution is 9.11. The molecular weight excluding hydrogens is 350 g/mol. The molecule has 0 aliphatic heterocycles. The molecule has 0 saturated carbocycles. The lowest BCUT2D eigenvalue weighted by Crippen LogP contribution is -1.81. The molecule has 0 atom stereocenters. The number of aromatic nitrogens is 3. The second-order valence-corrected chi connectivity index (χ2v) is 6.09. The Hall–Kier alpha value is 0.0200. The van der Waals surface area contributed by atoms with E-state index in [-0.39, 0.29) is 0 Å². The zero-order valence-electron chi connectivity index (χ0n) is 6.65. The predicted molar refractivity (Wildman–Crippen MR) is 63.7 cm³/mol. The number of halogens is 2. The van der Waals surface area contributed by atoms with Gasteiger partial charge < -0.3 is 0 Å². The number of nitrogens with zero attached hydrogens (tertiary/aromatic N) is 3. The smallest absolute Gasteiger partial charge is 0.180 e. The van der Waals surface area contributed by atoms with Crippen molar-refractivity contribution in [1.82, 2.24) is 15.2 Å². The molecule has 2 rings (SSSR count). The van der Waals surface area contributed by atoms with Crippen LogP contribution in [0.15, 0.2) is 36.1 Å². The zero-order valence-corrected chi connectivity index (χ0v) is 11.5. The van der Waals surface area contributed by atoms with E-state index in [1.54, 1.807) is 11.7 Å². The summed E-state index contributed by atoms with van der Waals surface area (Å²) >= 11 is 9.78. The van der Waals surface area contributed by atoms with E-state index in [1.807, 2.05) is 6.07 Å². The van der Waals surface area contributed by atoms with Crippen molar-refractivity contribution in [2.24, 2.45) is 0 Å². The fourth-order valence-corrected chi connectivity index (χ4v) is 3.35. The monoisotopic (exact) mass is 351 g/mol. The van der Waals surface area contributed by atoms with Crippen LogP contribution in [0.4, 0.5) is 0 Å². The standard InChI is InChI=1S/C7H3Br2N3S2/c8-4-1-5(9)6(10-2-4)14-7-12-11-3-13-7/h1-3H. The van der Waals surface area contributed by atoms with Gasteiger partial charge in [-0.1, -0.05) is 11.3 Å². The van der Waals surface area contributed by atoms with Gasteiger partial charge in [-0.2, -0.15) is 0 Å². The van der Waals surface area contributed by atoms with Crippen LogP contribution >= 0.6 is 55.0 Å². The molecule has 0 bridgehead atoms. The van der Waals surface area contributed by atoms with E-state index in [0.717, 1.165) is 18.3 Å². The second-order valence-electron chi connectivity index (χ2n) is 2.25. The Kier molecular flexibility index (Phi) is 3.53. The normalized spacial score (nSPS) is 10.4. The highest BCUT2D eigenvalue weighted by Crippen LogP contribution is 2.33. The van der Waals surface area contributed by atoms with Gasteiger partial charge >= 0.3 is 0 Å². The Balaban J connectivity index is 2.25. The molecular formula is C7H3Br2N3S2. The Morgan fingerprint density at radius 2 is 2.21 bits per heavy atom. The molecule has 2 heterocycles. The summed E-state index contributed by atoms with van der Waals surface area (Å²) in [5.74, 6) is 0. The van der Waals surface area contributed by atoms with Crippen LogP contribution in [0.25, 0.3) is 0 Å². The van der Waals surface area contributed by atoms with Gasteiger partial charge in [0.2, 0.25) is 0 Å². The maximum atomic E-state index is 4.26. The fraction of sp³-hybridized carbons (Fsp3) is 0. The first-order valence-electron chi connectivity index (χ1n) is 3.51. The highest BCUT2D eigenvalue weighted by atomic mass is 79.9. The number of hydrogen-bond donors (Lipinski definition) is 0. The molecule has 14 heavy (non-hydrogen) atoms. The molecule has 3 nitrogen and oxygen atoms in total. The van der Waals surface area contributed by atoms with Crippen LogP contribution in [0.5, 0.6) is 0 Å². The van der Waals surface area contributed by atoms with Crippen LogP contribution in [0.1, 0.15) is 0 Å². The summed E-state index contributed by atoms with van der Waals surface area (Å²) in [6.07, 6.45) is 1.76. The molecule has 0 saturated heterocycles. The summed E-state index contributed by atoms with van der Waals surface area (Å²) in [4.78, 5) is 4.26. The van der Waals surface area contributed by atoms with Crippen LogP contribution in [0.3, 0.4) is 0 Å². The average molecular weight is 353 g/mol. The van der Waals surface area contributed by atoms with Crippen molar-refractivity contribution in [2.45, 2.75) is 9.37 Å². The second kappa shape index (κ2) is 4.69. The first-order valence-corrected chi connectivity index (χ1v) is 6.79. The molecule has 2 aromatic heterocycles. The van der Waals surface area contributed by atoms with Gasteiger partial charge in [0.25, 0.3) is 0 Å². The molecule has 0 amide bonds. The van der Waals surface area contributed by atoms with E-state index < -0.39 is 0 Å². The number of pyridine rings is 1. The van der Waals surface area contributed by atoms with Gasteiger partial charge in [-0.05, 0) is 49.7 Å². The molecule has 0 radical (unpaired) electrons. The first-order chi connectivity index (χ1) is 6.75. The molecule has 0 fully saturated rings. The van der Waals surface area contributed by atoms with Gasteiger partial charge in [0.05, 0.1) is 4.47 Å². The van der Waals surface area contributed by atoms with Crippen molar-refractivity contribution in [3.63, 3.8) is 0 Å². The quantitative estimate of drug-likeness (QED) is 0.827.